The lowest BCUT2D eigenvalue weighted by Crippen LogP contribution is -2.48. The van der Waals surface area contributed by atoms with E-state index in [9.17, 15) is 9.59 Å². The maximum atomic E-state index is 11.8. The Labute approximate surface area is 188 Å². The number of hydrogen-bond donors (Lipinski definition) is 0. The van der Waals surface area contributed by atoms with Gasteiger partial charge in [-0.2, -0.15) is 0 Å². The van der Waals surface area contributed by atoms with Crippen LogP contribution in [-0.2, 0) is 19.1 Å². The average Bonchev–Trinajstić information content (AvgIpc) is 2.84. The van der Waals surface area contributed by atoms with E-state index in [4.69, 9.17) is 9.47 Å². The highest BCUT2D eigenvalue weighted by atomic mass is 16.5. The third-order valence-corrected chi connectivity index (χ3v) is 5.00. The summed E-state index contributed by atoms with van der Waals surface area (Å²) in [5.41, 5.74) is 1.81. The van der Waals surface area contributed by atoms with Crippen LogP contribution in [0.5, 0.6) is 0 Å². The summed E-state index contributed by atoms with van der Waals surface area (Å²) in [5, 5.41) is 0. The van der Waals surface area contributed by atoms with Gasteiger partial charge in [-0.25, -0.2) is 9.59 Å². The van der Waals surface area contributed by atoms with Gasteiger partial charge in [0.25, 0.3) is 0 Å². The third kappa shape index (κ3) is 8.79. The molecule has 0 aromatic carbocycles. The van der Waals surface area contributed by atoms with Gasteiger partial charge < -0.3 is 9.47 Å². The molecule has 2 aromatic heterocycles. The first-order valence-corrected chi connectivity index (χ1v) is 10.6. The first-order valence-electron chi connectivity index (χ1n) is 10.6. The van der Waals surface area contributed by atoms with Crippen molar-refractivity contribution in [2.75, 3.05) is 52.5 Å². The fourth-order valence-electron chi connectivity index (χ4n) is 3.16. The molecule has 0 N–H and O–H groups in total. The zero-order valence-corrected chi connectivity index (χ0v) is 18.0. The zero-order valence-electron chi connectivity index (χ0n) is 18.0. The molecular weight excluding hydrogens is 408 g/mol. The van der Waals surface area contributed by atoms with Crippen molar-refractivity contribution in [3.63, 3.8) is 0 Å². The lowest BCUT2D eigenvalue weighted by atomic mass is 10.2. The van der Waals surface area contributed by atoms with E-state index in [1.807, 2.05) is 24.3 Å². The minimum Gasteiger partial charge on any atom is -0.461 e. The highest BCUT2D eigenvalue weighted by Gasteiger charge is 2.16. The van der Waals surface area contributed by atoms with Crippen molar-refractivity contribution in [1.29, 1.82) is 0 Å². The van der Waals surface area contributed by atoms with Crippen LogP contribution in [-0.4, -0.2) is 84.2 Å². The SMILES string of the molecule is O=C(/C=C/c1ccncc1)OCCN1CCN(CCOC(=O)/C=C/c2ccncc2)CC1. The Kier molecular flexibility index (Phi) is 9.57. The standard InChI is InChI=1S/C24H28N4O4/c29-23(3-1-21-5-9-25-10-6-21)31-19-17-27-13-15-28(16-14-27)18-20-32-24(30)4-2-22-7-11-26-12-8-22/h1-12H,13-20H2/b3-1+,4-2+. The summed E-state index contributed by atoms with van der Waals surface area (Å²) in [5.74, 6) is -0.694. The van der Waals surface area contributed by atoms with E-state index in [1.54, 1.807) is 36.9 Å². The van der Waals surface area contributed by atoms with Crippen molar-refractivity contribution in [3.8, 4) is 0 Å². The Hall–Kier alpha value is -3.36. The van der Waals surface area contributed by atoms with E-state index in [2.05, 4.69) is 19.8 Å². The molecule has 0 aliphatic carbocycles. The van der Waals surface area contributed by atoms with Crippen LogP contribution in [0.15, 0.2) is 61.2 Å². The summed E-state index contributed by atoms with van der Waals surface area (Å²) in [6.45, 7) is 5.69. The van der Waals surface area contributed by atoms with Gasteiger partial charge >= 0.3 is 11.9 Å². The normalized spacial score (nSPS) is 15.2. The summed E-state index contributed by atoms with van der Waals surface area (Å²) in [6, 6.07) is 7.29. The zero-order chi connectivity index (χ0) is 22.4. The number of rotatable bonds is 10. The summed E-state index contributed by atoms with van der Waals surface area (Å²) < 4.78 is 10.6. The minimum absolute atomic E-state index is 0.347. The molecule has 1 saturated heterocycles. The number of pyridine rings is 2. The molecule has 0 amide bonds. The fourth-order valence-corrected chi connectivity index (χ4v) is 3.16. The van der Waals surface area contributed by atoms with E-state index < -0.39 is 0 Å². The molecule has 32 heavy (non-hydrogen) atoms. The second-order valence-corrected chi connectivity index (χ2v) is 7.25. The summed E-state index contributed by atoms with van der Waals surface area (Å²) in [7, 11) is 0. The van der Waals surface area contributed by atoms with E-state index in [1.165, 1.54) is 12.2 Å². The molecule has 1 aliphatic rings. The van der Waals surface area contributed by atoms with Crippen LogP contribution >= 0.6 is 0 Å². The molecule has 0 atom stereocenters. The first kappa shape index (κ1) is 23.3. The Morgan fingerprint density at radius 3 is 1.47 bits per heavy atom. The maximum Gasteiger partial charge on any atom is 0.330 e. The molecule has 0 bridgehead atoms. The van der Waals surface area contributed by atoms with Gasteiger partial charge in [0, 0.05) is 76.2 Å². The largest absolute Gasteiger partial charge is 0.461 e. The number of hydrogen-bond acceptors (Lipinski definition) is 8. The molecule has 3 heterocycles. The van der Waals surface area contributed by atoms with Crippen LogP contribution in [0.1, 0.15) is 11.1 Å². The van der Waals surface area contributed by atoms with Crippen molar-refractivity contribution < 1.29 is 19.1 Å². The molecule has 0 spiro atoms. The summed E-state index contributed by atoms with van der Waals surface area (Å²) in [4.78, 5) is 36.0. The van der Waals surface area contributed by atoms with E-state index in [-0.39, 0.29) is 11.9 Å². The Bertz CT molecular complexity index is 819. The molecule has 0 radical (unpaired) electrons. The molecule has 8 nitrogen and oxygen atoms in total. The number of carbonyl (C=O) groups is 2. The number of nitrogens with zero attached hydrogens (tertiary/aromatic N) is 4. The fraction of sp³-hybridized carbons (Fsp3) is 0.333. The predicted octanol–water partition coefficient (Wildman–Crippen LogP) is 1.91. The van der Waals surface area contributed by atoms with Crippen LogP contribution < -0.4 is 0 Å². The number of carbonyl (C=O) groups excluding carboxylic acids is 2. The monoisotopic (exact) mass is 436 g/mol. The molecule has 1 fully saturated rings. The van der Waals surface area contributed by atoms with Crippen LogP contribution in [0.3, 0.4) is 0 Å². The Balaban J connectivity index is 1.24. The van der Waals surface area contributed by atoms with Gasteiger partial charge in [-0.15, -0.1) is 0 Å². The second-order valence-electron chi connectivity index (χ2n) is 7.25. The third-order valence-electron chi connectivity index (χ3n) is 5.00. The smallest absolute Gasteiger partial charge is 0.330 e. The van der Waals surface area contributed by atoms with Crippen molar-refractivity contribution in [1.82, 2.24) is 19.8 Å². The van der Waals surface area contributed by atoms with Crippen molar-refractivity contribution >= 4 is 24.1 Å². The average molecular weight is 437 g/mol. The molecule has 1 aliphatic heterocycles. The molecular formula is C24H28N4O4. The van der Waals surface area contributed by atoms with Gasteiger partial charge in [0.1, 0.15) is 13.2 Å². The van der Waals surface area contributed by atoms with Gasteiger partial charge in [-0.3, -0.25) is 19.8 Å². The van der Waals surface area contributed by atoms with Gasteiger partial charge in [0.2, 0.25) is 0 Å². The van der Waals surface area contributed by atoms with Crippen LogP contribution in [0.2, 0.25) is 0 Å². The lowest BCUT2D eigenvalue weighted by molar-refractivity contribution is -0.139. The predicted molar refractivity (Wildman–Crippen MR) is 121 cm³/mol. The quantitative estimate of drug-likeness (QED) is 0.413. The molecule has 0 saturated carbocycles. The summed E-state index contributed by atoms with van der Waals surface area (Å²) in [6.07, 6.45) is 13.0. The highest BCUT2D eigenvalue weighted by Crippen LogP contribution is 2.03. The van der Waals surface area contributed by atoms with Crippen molar-refractivity contribution in [2.45, 2.75) is 0 Å². The second kappa shape index (κ2) is 13.1. The Morgan fingerprint density at radius 2 is 1.09 bits per heavy atom. The molecule has 8 heteroatoms. The van der Waals surface area contributed by atoms with Crippen molar-refractivity contribution in [2.24, 2.45) is 0 Å². The molecule has 168 valence electrons. The molecule has 2 aromatic rings. The van der Waals surface area contributed by atoms with E-state index in [0.29, 0.717) is 26.3 Å². The first-order chi connectivity index (χ1) is 15.7. The van der Waals surface area contributed by atoms with Crippen LogP contribution in [0, 0.1) is 0 Å². The number of esters is 2. The number of aromatic nitrogens is 2. The van der Waals surface area contributed by atoms with Gasteiger partial charge in [-0.1, -0.05) is 0 Å². The molecule has 3 rings (SSSR count). The van der Waals surface area contributed by atoms with E-state index >= 15 is 0 Å². The van der Waals surface area contributed by atoms with Gasteiger partial charge in [-0.05, 0) is 47.5 Å². The van der Waals surface area contributed by atoms with Crippen LogP contribution in [0.25, 0.3) is 12.2 Å². The summed E-state index contributed by atoms with van der Waals surface area (Å²) >= 11 is 0. The highest BCUT2D eigenvalue weighted by molar-refractivity contribution is 5.87. The van der Waals surface area contributed by atoms with Crippen molar-refractivity contribution in [3.05, 3.63) is 72.3 Å². The lowest BCUT2D eigenvalue weighted by Gasteiger charge is -2.34. The topological polar surface area (TPSA) is 84.9 Å². The van der Waals surface area contributed by atoms with Gasteiger partial charge in [0.05, 0.1) is 0 Å². The van der Waals surface area contributed by atoms with Gasteiger partial charge in [0.15, 0.2) is 0 Å². The van der Waals surface area contributed by atoms with E-state index in [0.717, 1.165) is 37.3 Å². The number of piperazine rings is 1. The molecule has 0 unspecified atom stereocenters. The minimum atomic E-state index is -0.347. The van der Waals surface area contributed by atoms with Crippen LogP contribution in [0.4, 0.5) is 0 Å². The maximum absolute atomic E-state index is 11.8. The Morgan fingerprint density at radius 1 is 0.719 bits per heavy atom. The number of ether oxygens (including phenoxy) is 2.